The molecule has 0 spiro atoms. The second-order valence-corrected chi connectivity index (χ2v) is 4.47. The maximum absolute atomic E-state index is 11.1. The summed E-state index contributed by atoms with van der Waals surface area (Å²) < 4.78 is 10.8. The highest BCUT2D eigenvalue weighted by molar-refractivity contribution is 5.79. The van der Waals surface area contributed by atoms with Gasteiger partial charge in [-0.05, 0) is 6.07 Å². The summed E-state index contributed by atoms with van der Waals surface area (Å²) in [5, 5.41) is 3.25. The van der Waals surface area contributed by atoms with Gasteiger partial charge in [-0.15, -0.1) is 0 Å². The molecule has 1 N–H and O–H groups in total. The fourth-order valence-corrected chi connectivity index (χ4v) is 1.31. The summed E-state index contributed by atoms with van der Waals surface area (Å²) in [6.45, 7) is 7.43. The van der Waals surface area contributed by atoms with Crippen molar-refractivity contribution in [1.29, 1.82) is 0 Å². The lowest BCUT2D eigenvalue weighted by Gasteiger charge is -2.09. The second-order valence-electron chi connectivity index (χ2n) is 4.47. The molecule has 0 fully saturated rings. The Kier molecular flexibility index (Phi) is 6.89. The molecule has 0 atom stereocenters. The van der Waals surface area contributed by atoms with E-state index in [-0.39, 0.29) is 12.4 Å². The molecule has 0 saturated heterocycles. The summed E-state index contributed by atoms with van der Waals surface area (Å²) in [5.41, 5.74) is 0. The summed E-state index contributed by atoms with van der Waals surface area (Å²) in [7, 11) is 0. The molecule has 0 saturated carbocycles. The number of pyridine rings is 1. The molecule has 0 aliphatic heterocycles. The van der Waals surface area contributed by atoms with Crippen LogP contribution in [0.2, 0.25) is 0 Å². The summed E-state index contributed by atoms with van der Waals surface area (Å²) in [5.74, 6) is 1.20. The fourth-order valence-electron chi connectivity index (χ4n) is 1.31. The van der Waals surface area contributed by atoms with E-state index in [4.69, 9.17) is 9.47 Å². The van der Waals surface area contributed by atoms with Crippen molar-refractivity contribution in [3.05, 3.63) is 18.3 Å². The summed E-state index contributed by atoms with van der Waals surface area (Å²) in [6, 6.07) is 3.94. The Morgan fingerprint density at radius 1 is 1.37 bits per heavy atom. The van der Waals surface area contributed by atoms with Crippen molar-refractivity contribution in [2.75, 3.05) is 19.8 Å². The van der Waals surface area contributed by atoms with Gasteiger partial charge in [-0.3, -0.25) is 4.79 Å². The summed E-state index contributed by atoms with van der Waals surface area (Å²) >= 11 is 0. The second kappa shape index (κ2) is 8.48. The average molecular weight is 266 g/mol. The number of ether oxygens (including phenoxy) is 2. The van der Waals surface area contributed by atoms with Gasteiger partial charge in [0.25, 0.3) is 0 Å². The van der Waals surface area contributed by atoms with Crippen LogP contribution >= 0.6 is 0 Å². The predicted molar refractivity (Wildman–Crippen MR) is 73.7 cm³/mol. The van der Waals surface area contributed by atoms with E-state index in [2.05, 4.69) is 24.1 Å². The highest BCUT2D eigenvalue weighted by atomic mass is 16.5. The smallest absolute Gasteiger partial charge is 0.213 e. The van der Waals surface area contributed by atoms with Gasteiger partial charge in [0, 0.05) is 25.1 Å². The Morgan fingerprint density at radius 3 is 2.74 bits per heavy atom. The Morgan fingerprint density at radius 2 is 2.16 bits per heavy atom. The number of aromatic nitrogens is 1. The first-order valence-corrected chi connectivity index (χ1v) is 6.58. The Balaban J connectivity index is 2.29. The number of rotatable bonds is 9. The van der Waals surface area contributed by atoms with Gasteiger partial charge in [-0.2, -0.15) is 0 Å². The maximum Gasteiger partial charge on any atom is 0.213 e. The first-order chi connectivity index (χ1) is 9.11. The molecule has 0 bridgehead atoms. The van der Waals surface area contributed by atoms with E-state index in [1.807, 2.05) is 6.92 Å². The zero-order valence-corrected chi connectivity index (χ0v) is 11.8. The lowest BCUT2D eigenvalue weighted by molar-refractivity contribution is -0.120. The van der Waals surface area contributed by atoms with Crippen LogP contribution in [0.15, 0.2) is 18.3 Å². The summed E-state index contributed by atoms with van der Waals surface area (Å²) in [6.07, 6.45) is 2.05. The third kappa shape index (κ3) is 6.76. The third-order valence-electron chi connectivity index (χ3n) is 2.41. The molecule has 19 heavy (non-hydrogen) atoms. The van der Waals surface area contributed by atoms with Gasteiger partial charge in [0.1, 0.15) is 19.0 Å². The van der Waals surface area contributed by atoms with Crippen molar-refractivity contribution >= 4 is 5.78 Å². The molecule has 1 aromatic heterocycles. The highest BCUT2D eigenvalue weighted by Crippen LogP contribution is 2.13. The minimum absolute atomic E-state index is 0.0695. The molecule has 0 aliphatic rings. The fraction of sp³-hybridized carbons (Fsp3) is 0.571. The number of hydrogen-bond donors (Lipinski definition) is 1. The SMILES string of the molecule is CCC(=O)COc1ccc(OCCNC(C)C)nc1. The monoisotopic (exact) mass is 266 g/mol. The van der Waals surface area contributed by atoms with Gasteiger partial charge in [-0.25, -0.2) is 4.98 Å². The van der Waals surface area contributed by atoms with Crippen LogP contribution in [0.4, 0.5) is 0 Å². The molecular weight excluding hydrogens is 244 g/mol. The highest BCUT2D eigenvalue weighted by Gasteiger charge is 2.01. The van der Waals surface area contributed by atoms with E-state index in [9.17, 15) is 4.79 Å². The summed E-state index contributed by atoms with van der Waals surface area (Å²) in [4.78, 5) is 15.2. The molecule has 5 nitrogen and oxygen atoms in total. The maximum atomic E-state index is 11.1. The average Bonchev–Trinajstić information content (AvgIpc) is 2.42. The number of carbonyl (C=O) groups excluding carboxylic acids is 1. The van der Waals surface area contributed by atoms with E-state index in [1.54, 1.807) is 18.3 Å². The normalized spacial score (nSPS) is 10.5. The molecule has 0 radical (unpaired) electrons. The van der Waals surface area contributed by atoms with Gasteiger partial charge in [0.05, 0.1) is 6.20 Å². The predicted octanol–water partition coefficient (Wildman–Crippen LogP) is 1.82. The molecule has 106 valence electrons. The topological polar surface area (TPSA) is 60.5 Å². The molecule has 1 aromatic rings. The molecule has 0 aliphatic carbocycles. The van der Waals surface area contributed by atoms with Crippen molar-refractivity contribution in [2.45, 2.75) is 33.2 Å². The number of nitrogens with zero attached hydrogens (tertiary/aromatic N) is 1. The van der Waals surface area contributed by atoms with Crippen molar-refractivity contribution in [2.24, 2.45) is 0 Å². The van der Waals surface area contributed by atoms with Crippen LogP contribution in [0.1, 0.15) is 27.2 Å². The third-order valence-corrected chi connectivity index (χ3v) is 2.41. The van der Waals surface area contributed by atoms with Crippen molar-refractivity contribution < 1.29 is 14.3 Å². The molecule has 5 heteroatoms. The largest absolute Gasteiger partial charge is 0.484 e. The van der Waals surface area contributed by atoms with Crippen molar-refractivity contribution in [1.82, 2.24) is 10.3 Å². The van der Waals surface area contributed by atoms with E-state index in [0.29, 0.717) is 30.7 Å². The molecule has 1 rings (SSSR count). The Bertz CT molecular complexity index is 377. The molecular formula is C14H22N2O3. The van der Waals surface area contributed by atoms with Gasteiger partial charge < -0.3 is 14.8 Å². The molecule has 0 aromatic carbocycles. The van der Waals surface area contributed by atoms with Gasteiger partial charge in [0.2, 0.25) is 5.88 Å². The van der Waals surface area contributed by atoms with E-state index in [0.717, 1.165) is 6.54 Å². The van der Waals surface area contributed by atoms with E-state index in [1.165, 1.54) is 0 Å². The van der Waals surface area contributed by atoms with Crippen molar-refractivity contribution in [3.8, 4) is 11.6 Å². The number of hydrogen-bond acceptors (Lipinski definition) is 5. The van der Waals surface area contributed by atoms with Crippen LogP contribution in [0, 0.1) is 0 Å². The number of nitrogens with one attached hydrogen (secondary N) is 1. The quantitative estimate of drug-likeness (QED) is 0.691. The minimum atomic E-state index is 0.0695. The molecule has 1 heterocycles. The van der Waals surface area contributed by atoms with Crippen LogP contribution < -0.4 is 14.8 Å². The minimum Gasteiger partial charge on any atom is -0.484 e. The van der Waals surface area contributed by atoms with Crippen LogP contribution in [-0.4, -0.2) is 36.6 Å². The first kappa shape index (κ1) is 15.4. The van der Waals surface area contributed by atoms with E-state index >= 15 is 0 Å². The van der Waals surface area contributed by atoms with Crippen LogP contribution in [0.3, 0.4) is 0 Å². The lowest BCUT2D eigenvalue weighted by atomic mass is 10.3. The molecule has 0 amide bonds. The zero-order valence-electron chi connectivity index (χ0n) is 11.8. The van der Waals surface area contributed by atoms with Gasteiger partial charge >= 0.3 is 0 Å². The van der Waals surface area contributed by atoms with Crippen LogP contribution in [-0.2, 0) is 4.79 Å². The zero-order chi connectivity index (χ0) is 14.1. The van der Waals surface area contributed by atoms with Crippen molar-refractivity contribution in [3.63, 3.8) is 0 Å². The van der Waals surface area contributed by atoms with Gasteiger partial charge in [0.15, 0.2) is 5.78 Å². The van der Waals surface area contributed by atoms with E-state index < -0.39 is 0 Å². The lowest BCUT2D eigenvalue weighted by Crippen LogP contribution is -2.27. The van der Waals surface area contributed by atoms with Crippen LogP contribution in [0.5, 0.6) is 11.6 Å². The first-order valence-electron chi connectivity index (χ1n) is 6.58. The van der Waals surface area contributed by atoms with Gasteiger partial charge in [-0.1, -0.05) is 20.8 Å². The number of carbonyl (C=O) groups is 1. The standard InChI is InChI=1S/C14H22N2O3/c1-4-12(17)10-19-13-5-6-14(16-9-13)18-8-7-15-11(2)3/h5-6,9,11,15H,4,7-8,10H2,1-3H3. The Hall–Kier alpha value is -1.62. The molecule has 0 unspecified atom stereocenters. The Labute approximate surface area is 114 Å². The number of ketones is 1. The number of Topliss-reactive ketones (excluding diaryl/α,β-unsaturated/α-hetero) is 1. The van der Waals surface area contributed by atoms with Crippen LogP contribution in [0.25, 0.3) is 0 Å².